The summed E-state index contributed by atoms with van der Waals surface area (Å²) < 4.78 is 10.6. The fraction of sp³-hybridized carbons (Fsp3) is 0.846. The number of carbonyl (C=O) groups excluding carboxylic acids is 1. The van der Waals surface area contributed by atoms with E-state index in [4.69, 9.17) is 14.6 Å². The smallest absolute Gasteiger partial charge is 0.334 e. The molecule has 1 saturated heterocycles. The van der Waals surface area contributed by atoms with Gasteiger partial charge in [-0.1, -0.05) is 13.8 Å². The number of hydrogen-bond donors (Lipinski definition) is 1. The maximum atomic E-state index is 12.1. The third-order valence-electron chi connectivity index (χ3n) is 3.06. The first-order valence-electron chi connectivity index (χ1n) is 6.66. The summed E-state index contributed by atoms with van der Waals surface area (Å²) in [5.41, 5.74) is 0. The molecular formula is C13H23NO5. The minimum Gasteiger partial charge on any atom is -0.479 e. The normalized spacial score (nSPS) is 21.5. The van der Waals surface area contributed by atoms with Gasteiger partial charge in [0.15, 0.2) is 6.10 Å². The van der Waals surface area contributed by atoms with Gasteiger partial charge in [-0.25, -0.2) is 4.79 Å². The lowest BCUT2D eigenvalue weighted by atomic mass is 10.1. The Bertz CT molecular complexity index is 318. The van der Waals surface area contributed by atoms with Crippen molar-refractivity contribution < 1.29 is 24.2 Å². The molecule has 1 aliphatic rings. The van der Waals surface area contributed by atoms with Gasteiger partial charge in [0.2, 0.25) is 0 Å². The number of rotatable bonds is 6. The van der Waals surface area contributed by atoms with Crippen LogP contribution in [0.15, 0.2) is 0 Å². The second-order valence-electron chi connectivity index (χ2n) is 5.18. The minimum absolute atomic E-state index is 0.0893. The molecule has 2 unspecified atom stereocenters. The number of amides is 1. The zero-order valence-electron chi connectivity index (χ0n) is 11.8. The van der Waals surface area contributed by atoms with E-state index in [2.05, 4.69) is 13.8 Å². The van der Waals surface area contributed by atoms with E-state index in [1.807, 2.05) is 0 Å². The van der Waals surface area contributed by atoms with Crippen LogP contribution in [0.5, 0.6) is 0 Å². The molecule has 6 nitrogen and oxygen atoms in total. The number of carbonyl (C=O) groups is 2. The maximum Gasteiger partial charge on any atom is 0.334 e. The highest BCUT2D eigenvalue weighted by molar-refractivity contribution is 5.82. The molecule has 0 bridgehead atoms. The predicted molar refractivity (Wildman–Crippen MR) is 68.8 cm³/mol. The van der Waals surface area contributed by atoms with E-state index < -0.39 is 18.2 Å². The first-order valence-corrected chi connectivity index (χ1v) is 6.66. The van der Waals surface area contributed by atoms with E-state index in [-0.39, 0.29) is 19.1 Å². The number of hydrogen-bond acceptors (Lipinski definition) is 4. The van der Waals surface area contributed by atoms with Gasteiger partial charge < -0.3 is 19.5 Å². The Hall–Kier alpha value is -1.14. The zero-order chi connectivity index (χ0) is 14.4. The van der Waals surface area contributed by atoms with Crippen molar-refractivity contribution in [1.29, 1.82) is 0 Å². The summed E-state index contributed by atoms with van der Waals surface area (Å²) in [6.45, 7) is 7.18. The van der Waals surface area contributed by atoms with E-state index in [0.29, 0.717) is 19.1 Å². The predicted octanol–water partition coefficient (Wildman–Crippen LogP) is 0.750. The topological polar surface area (TPSA) is 76.1 Å². The maximum absolute atomic E-state index is 12.1. The Morgan fingerprint density at radius 1 is 1.42 bits per heavy atom. The van der Waals surface area contributed by atoms with Crippen molar-refractivity contribution in [2.75, 3.05) is 26.3 Å². The highest BCUT2D eigenvalue weighted by atomic mass is 16.5. The molecule has 0 saturated carbocycles. The van der Waals surface area contributed by atoms with Crippen LogP contribution in [0.3, 0.4) is 0 Å². The van der Waals surface area contributed by atoms with Crippen LogP contribution in [0.4, 0.5) is 0 Å². The van der Waals surface area contributed by atoms with Crippen molar-refractivity contribution >= 4 is 11.9 Å². The van der Waals surface area contributed by atoms with Crippen LogP contribution in [0.2, 0.25) is 0 Å². The van der Waals surface area contributed by atoms with E-state index in [1.165, 1.54) is 4.90 Å². The quantitative estimate of drug-likeness (QED) is 0.773. The molecule has 0 aromatic carbocycles. The molecule has 0 spiro atoms. The summed E-state index contributed by atoms with van der Waals surface area (Å²) >= 11 is 0. The highest BCUT2D eigenvalue weighted by Gasteiger charge is 2.31. The van der Waals surface area contributed by atoms with Crippen molar-refractivity contribution in [2.24, 2.45) is 5.92 Å². The third kappa shape index (κ3) is 5.16. The van der Waals surface area contributed by atoms with Crippen LogP contribution < -0.4 is 0 Å². The van der Waals surface area contributed by atoms with Crippen LogP contribution >= 0.6 is 0 Å². The average molecular weight is 273 g/mol. The van der Waals surface area contributed by atoms with Crippen molar-refractivity contribution in [1.82, 2.24) is 4.90 Å². The number of ether oxygens (including phenoxy) is 2. The number of carboxylic acids is 1. The zero-order valence-corrected chi connectivity index (χ0v) is 11.8. The van der Waals surface area contributed by atoms with Gasteiger partial charge in [-0.2, -0.15) is 0 Å². The molecule has 1 aliphatic heterocycles. The molecule has 1 fully saturated rings. The Morgan fingerprint density at radius 2 is 2.11 bits per heavy atom. The van der Waals surface area contributed by atoms with Gasteiger partial charge in [-0.05, 0) is 19.3 Å². The van der Waals surface area contributed by atoms with E-state index >= 15 is 0 Å². The van der Waals surface area contributed by atoms with Gasteiger partial charge >= 0.3 is 5.97 Å². The Labute approximate surface area is 113 Å². The third-order valence-corrected chi connectivity index (χ3v) is 3.06. The first kappa shape index (κ1) is 15.9. The van der Waals surface area contributed by atoms with Gasteiger partial charge in [-0.3, -0.25) is 4.79 Å². The summed E-state index contributed by atoms with van der Waals surface area (Å²) in [4.78, 5) is 24.4. The van der Waals surface area contributed by atoms with Gasteiger partial charge in [0.1, 0.15) is 6.10 Å². The summed E-state index contributed by atoms with van der Waals surface area (Å²) in [6.07, 6.45) is -0.565. The van der Waals surface area contributed by atoms with Gasteiger partial charge in [0.25, 0.3) is 5.91 Å². The van der Waals surface area contributed by atoms with Gasteiger partial charge in [-0.15, -0.1) is 0 Å². The molecule has 19 heavy (non-hydrogen) atoms. The molecule has 1 N–H and O–H groups in total. The minimum atomic E-state index is -1.04. The molecule has 1 heterocycles. The van der Waals surface area contributed by atoms with Gasteiger partial charge in [0, 0.05) is 13.2 Å². The number of nitrogens with zero attached hydrogens (tertiary/aromatic N) is 1. The largest absolute Gasteiger partial charge is 0.479 e. The molecule has 0 aromatic rings. The standard InChI is InChI=1S/C13H23NO5/c1-9(2)4-6-18-10(3)12(15)14-5-7-19-11(8-14)13(16)17/h9-11H,4-8H2,1-3H3,(H,16,17). The molecule has 2 atom stereocenters. The summed E-state index contributed by atoms with van der Waals surface area (Å²) in [7, 11) is 0. The van der Waals surface area contributed by atoms with Crippen molar-refractivity contribution in [3.05, 3.63) is 0 Å². The first-order chi connectivity index (χ1) is 8.91. The number of carboxylic acid groups (broad SMARTS) is 1. The van der Waals surface area contributed by atoms with Crippen LogP contribution in [0.25, 0.3) is 0 Å². The molecule has 0 aliphatic carbocycles. The highest BCUT2D eigenvalue weighted by Crippen LogP contribution is 2.09. The van der Waals surface area contributed by atoms with Crippen molar-refractivity contribution in [2.45, 2.75) is 39.4 Å². The summed E-state index contributed by atoms with van der Waals surface area (Å²) in [6, 6.07) is 0. The SMILES string of the molecule is CC(C)CCOC(C)C(=O)N1CCOC(C(=O)O)C1. The molecule has 110 valence electrons. The van der Waals surface area contributed by atoms with Crippen LogP contribution in [0.1, 0.15) is 27.2 Å². The Kier molecular flexibility index (Phi) is 6.24. The number of aliphatic carboxylic acids is 1. The Morgan fingerprint density at radius 3 is 2.68 bits per heavy atom. The van der Waals surface area contributed by atoms with E-state index in [1.54, 1.807) is 6.92 Å². The van der Waals surface area contributed by atoms with Gasteiger partial charge in [0.05, 0.1) is 13.2 Å². The van der Waals surface area contributed by atoms with E-state index in [0.717, 1.165) is 6.42 Å². The lowest BCUT2D eigenvalue weighted by Gasteiger charge is -2.32. The monoisotopic (exact) mass is 273 g/mol. The lowest BCUT2D eigenvalue weighted by Crippen LogP contribution is -2.51. The molecular weight excluding hydrogens is 250 g/mol. The number of morpholine rings is 1. The molecule has 1 rings (SSSR count). The van der Waals surface area contributed by atoms with Crippen LogP contribution in [0, 0.1) is 5.92 Å². The summed E-state index contributed by atoms with van der Waals surface area (Å²) in [5, 5.41) is 8.88. The van der Waals surface area contributed by atoms with E-state index in [9.17, 15) is 9.59 Å². The second kappa shape index (κ2) is 7.45. The molecule has 0 aromatic heterocycles. The molecule has 0 radical (unpaired) electrons. The van der Waals surface area contributed by atoms with Crippen LogP contribution in [-0.2, 0) is 19.1 Å². The molecule has 1 amide bonds. The summed E-state index contributed by atoms with van der Waals surface area (Å²) in [5.74, 6) is -0.675. The van der Waals surface area contributed by atoms with Crippen molar-refractivity contribution in [3.63, 3.8) is 0 Å². The lowest BCUT2D eigenvalue weighted by molar-refractivity contribution is -0.163. The Balaban J connectivity index is 2.40. The molecule has 6 heteroatoms. The fourth-order valence-electron chi connectivity index (χ4n) is 1.81. The van der Waals surface area contributed by atoms with Crippen LogP contribution in [-0.4, -0.2) is 60.4 Å². The fourth-order valence-corrected chi connectivity index (χ4v) is 1.81. The average Bonchev–Trinajstić information content (AvgIpc) is 2.37. The van der Waals surface area contributed by atoms with Crippen molar-refractivity contribution in [3.8, 4) is 0 Å². The second-order valence-corrected chi connectivity index (χ2v) is 5.18.